The van der Waals surface area contributed by atoms with E-state index in [-0.39, 0.29) is 21.7 Å². The second kappa shape index (κ2) is 12.1. The molecule has 3 heterocycles. The van der Waals surface area contributed by atoms with Crippen molar-refractivity contribution in [2.45, 2.75) is 110 Å². The maximum absolute atomic E-state index is 6.78. The Hall–Kier alpha value is -5.29. The number of benzene rings is 5. The zero-order chi connectivity index (χ0) is 40.6. The molecule has 0 amide bonds. The van der Waals surface area contributed by atoms with E-state index >= 15 is 0 Å². The lowest BCUT2D eigenvalue weighted by Crippen LogP contribution is -2.40. The van der Waals surface area contributed by atoms with Gasteiger partial charge in [0.1, 0.15) is 11.5 Å². The summed E-state index contributed by atoms with van der Waals surface area (Å²) in [6.07, 6.45) is 3.76. The standard InChI is InChI=1S/C52H58N4O/c1-48(2,3)32-25-37-38-26-33(49(4,5)6)28-42(51(10,11)12)46(38)52(45(37)41(27-32)50(7,8)9)39-22-21-36(57-35-18-14-17-34(29-35)56-24-16-23-53-56)30-44(39)55-31-54(13)43-20-15-19-40(52)47(43)55/h14-30H,31H2,1-13H3. The molecule has 6 aromatic rings. The molecule has 0 fully saturated rings. The molecule has 0 N–H and O–H groups in total. The van der Waals surface area contributed by atoms with Gasteiger partial charge in [-0.25, -0.2) is 4.68 Å². The van der Waals surface area contributed by atoms with E-state index in [1.54, 1.807) is 6.20 Å². The molecule has 1 spiro atoms. The molecule has 5 nitrogen and oxygen atoms in total. The number of nitrogens with zero attached hydrogens (tertiary/aromatic N) is 4. The van der Waals surface area contributed by atoms with Gasteiger partial charge in [-0.2, -0.15) is 5.10 Å². The molecule has 3 aliphatic rings. The van der Waals surface area contributed by atoms with Crippen LogP contribution in [0.25, 0.3) is 16.8 Å². The molecule has 0 saturated heterocycles. The molecule has 0 saturated carbocycles. The summed E-state index contributed by atoms with van der Waals surface area (Å²) in [7, 11) is 2.23. The molecule has 2 aliphatic heterocycles. The summed E-state index contributed by atoms with van der Waals surface area (Å²) in [5.74, 6) is 1.59. The Balaban J connectivity index is 1.42. The first kappa shape index (κ1) is 37.3. The normalized spacial score (nSPS) is 15.5. The van der Waals surface area contributed by atoms with Crippen LogP contribution < -0.4 is 14.5 Å². The lowest BCUT2D eigenvalue weighted by Gasteiger charge is -2.46. The van der Waals surface area contributed by atoms with Gasteiger partial charge in [0.05, 0.1) is 34.8 Å². The fraction of sp³-hybridized carbons (Fsp3) is 0.365. The smallest absolute Gasteiger partial charge is 0.129 e. The minimum absolute atomic E-state index is 0.0294. The van der Waals surface area contributed by atoms with Crippen molar-refractivity contribution in [1.29, 1.82) is 0 Å². The van der Waals surface area contributed by atoms with Crippen molar-refractivity contribution in [3.8, 4) is 28.3 Å². The summed E-state index contributed by atoms with van der Waals surface area (Å²) < 4.78 is 8.65. The van der Waals surface area contributed by atoms with Crippen LogP contribution in [0.3, 0.4) is 0 Å². The van der Waals surface area contributed by atoms with E-state index in [1.165, 1.54) is 72.7 Å². The predicted octanol–water partition coefficient (Wildman–Crippen LogP) is 13.1. The third kappa shape index (κ3) is 5.59. The van der Waals surface area contributed by atoms with Crippen LogP contribution in [0.15, 0.2) is 103 Å². The molecular formula is C52H58N4O. The lowest BCUT2D eigenvalue weighted by molar-refractivity contribution is 0.481. The number of ether oxygens (including phenoxy) is 1. The van der Waals surface area contributed by atoms with Gasteiger partial charge in [-0.15, -0.1) is 0 Å². The topological polar surface area (TPSA) is 33.5 Å². The highest BCUT2D eigenvalue weighted by atomic mass is 16.5. The van der Waals surface area contributed by atoms with E-state index < -0.39 is 5.41 Å². The molecular weight excluding hydrogens is 697 g/mol. The number of fused-ring (bicyclic) bond motifs is 9. The summed E-state index contributed by atoms with van der Waals surface area (Å²) in [6.45, 7) is 29.4. The van der Waals surface area contributed by atoms with Gasteiger partial charge in [-0.1, -0.05) is 132 Å². The molecule has 0 bridgehead atoms. The average Bonchev–Trinajstić information content (AvgIpc) is 3.86. The Morgan fingerprint density at radius 2 is 1.18 bits per heavy atom. The van der Waals surface area contributed by atoms with E-state index in [4.69, 9.17) is 4.74 Å². The van der Waals surface area contributed by atoms with Crippen molar-refractivity contribution in [3.63, 3.8) is 0 Å². The van der Waals surface area contributed by atoms with E-state index in [0.717, 1.165) is 23.9 Å². The van der Waals surface area contributed by atoms with Crippen LogP contribution in [0.2, 0.25) is 0 Å². The highest BCUT2D eigenvalue weighted by Crippen LogP contribution is 2.68. The Morgan fingerprint density at radius 1 is 0.579 bits per heavy atom. The van der Waals surface area contributed by atoms with Crippen LogP contribution in [0, 0.1) is 0 Å². The molecule has 0 radical (unpaired) electrons. The Kier molecular flexibility index (Phi) is 7.93. The molecule has 0 atom stereocenters. The number of para-hydroxylation sites is 1. The minimum Gasteiger partial charge on any atom is -0.457 e. The van der Waals surface area contributed by atoms with Crippen molar-refractivity contribution < 1.29 is 4.74 Å². The zero-order valence-corrected chi connectivity index (χ0v) is 36.2. The van der Waals surface area contributed by atoms with Crippen molar-refractivity contribution >= 4 is 17.1 Å². The molecule has 5 aromatic carbocycles. The average molecular weight is 755 g/mol. The van der Waals surface area contributed by atoms with Gasteiger partial charge in [-0.05, 0) is 108 Å². The zero-order valence-electron chi connectivity index (χ0n) is 36.2. The largest absolute Gasteiger partial charge is 0.457 e. The first-order valence-electron chi connectivity index (χ1n) is 20.6. The van der Waals surface area contributed by atoms with Gasteiger partial charge >= 0.3 is 0 Å². The first-order valence-corrected chi connectivity index (χ1v) is 20.6. The third-order valence-electron chi connectivity index (χ3n) is 12.6. The van der Waals surface area contributed by atoms with E-state index in [1.807, 2.05) is 29.1 Å². The summed E-state index contributed by atoms with van der Waals surface area (Å²) >= 11 is 0. The molecule has 292 valence electrons. The SMILES string of the molecule is CN1CN2c3cc(Oc4cccc(-n5cccn5)c4)ccc3C3(c4cccc1c42)c1c(cc(C(C)(C)C)cc1C(C)(C)C)-c1cc(C(C)(C)C)cc(C(C)(C)C)c13. The lowest BCUT2D eigenvalue weighted by atomic mass is 9.59. The van der Waals surface area contributed by atoms with Crippen LogP contribution in [-0.2, 0) is 27.1 Å². The van der Waals surface area contributed by atoms with Gasteiger partial charge in [-0.3, -0.25) is 0 Å². The number of hydrogen-bond donors (Lipinski definition) is 0. The van der Waals surface area contributed by atoms with Crippen LogP contribution in [-0.4, -0.2) is 23.5 Å². The number of rotatable bonds is 3. The van der Waals surface area contributed by atoms with E-state index in [0.29, 0.717) is 0 Å². The monoisotopic (exact) mass is 754 g/mol. The van der Waals surface area contributed by atoms with Gasteiger partial charge < -0.3 is 14.5 Å². The van der Waals surface area contributed by atoms with Crippen molar-refractivity contribution in [2.24, 2.45) is 0 Å². The summed E-state index contributed by atoms with van der Waals surface area (Å²) in [5.41, 5.74) is 17.7. The first-order chi connectivity index (χ1) is 26.7. The van der Waals surface area contributed by atoms with E-state index in [9.17, 15) is 0 Å². The molecule has 1 aromatic heterocycles. The van der Waals surface area contributed by atoms with Gasteiger partial charge in [0.2, 0.25) is 0 Å². The molecule has 0 unspecified atom stereocenters. The maximum atomic E-state index is 6.78. The van der Waals surface area contributed by atoms with Crippen molar-refractivity contribution in [2.75, 3.05) is 23.5 Å². The third-order valence-corrected chi connectivity index (χ3v) is 12.6. The fourth-order valence-corrected chi connectivity index (χ4v) is 9.72. The fourth-order valence-electron chi connectivity index (χ4n) is 9.72. The number of anilines is 3. The Bertz CT molecular complexity index is 2500. The highest BCUT2D eigenvalue weighted by Gasteiger charge is 2.57. The number of aromatic nitrogens is 2. The Labute approximate surface area is 340 Å². The highest BCUT2D eigenvalue weighted by molar-refractivity contribution is 6.00. The predicted molar refractivity (Wildman–Crippen MR) is 238 cm³/mol. The van der Waals surface area contributed by atoms with Crippen molar-refractivity contribution in [3.05, 3.63) is 148 Å². The van der Waals surface area contributed by atoms with Crippen LogP contribution in [0.4, 0.5) is 17.1 Å². The Morgan fingerprint density at radius 3 is 1.74 bits per heavy atom. The second-order valence-electron chi connectivity index (χ2n) is 20.8. The maximum Gasteiger partial charge on any atom is 0.129 e. The van der Waals surface area contributed by atoms with Crippen LogP contribution in [0.5, 0.6) is 11.5 Å². The summed E-state index contributed by atoms with van der Waals surface area (Å²) in [4.78, 5) is 4.94. The van der Waals surface area contributed by atoms with Crippen molar-refractivity contribution in [1.82, 2.24) is 9.78 Å². The molecule has 57 heavy (non-hydrogen) atoms. The summed E-state index contributed by atoms with van der Waals surface area (Å²) in [5, 5.41) is 4.46. The van der Waals surface area contributed by atoms with Crippen LogP contribution >= 0.6 is 0 Å². The molecule has 5 heteroatoms. The van der Waals surface area contributed by atoms with Gasteiger partial charge in [0.25, 0.3) is 0 Å². The van der Waals surface area contributed by atoms with Gasteiger partial charge in [0, 0.05) is 31.6 Å². The second-order valence-corrected chi connectivity index (χ2v) is 20.8. The van der Waals surface area contributed by atoms with Crippen LogP contribution in [0.1, 0.15) is 128 Å². The van der Waals surface area contributed by atoms with E-state index in [2.05, 4.69) is 178 Å². The number of hydrogen-bond acceptors (Lipinski definition) is 4. The minimum atomic E-state index is -0.580. The van der Waals surface area contributed by atoms with Gasteiger partial charge in [0.15, 0.2) is 0 Å². The molecule has 9 rings (SSSR count). The summed E-state index contributed by atoms with van der Waals surface area (Å²) in [6, 6.07) is 34.3. The molecule has 1 aliphatic carbocycles. The quantitative estimate of drug-likeness (QED) is 0.180.